The summed E-state index contributed by atoms with van der Waals surface area (Å²) in [5.41, 5.74) is -0.412. The zero-order valence-corrected chi connectivity index (χ0v) is 7.31. The van der Waals surface area contributed by atoms with E-state index in [0.717, 1.165) is 4.90 Å². The zero-order chi connectivity index (χ0) is 8.65. The molecule has 0 atom stereocenters. The van der Waals surface area contributed by atoms with Crippen LogP contribution < -0.4 is 0 Å². The van der Waals surface area contributed by atoms with Crippen molar-refractivity contribution in [1.82, 2.24) is 4.90 Å². The molecule has 1 rings (SSSR count). The van der Waals surface area contributed by atoms with Gasteiger partial charge in [0, 0.05) is 12.0 Å². The molecule has 3 nitrogen and oxygen atoms in total. The van der Waals surface area contributed by atoms with E-state index in [1.807, 2.05) is 13.8 Å². The van der Waals surface area contributed by atoms with Gasteiger partial charge in [0.15, 0.2) is 0 Å². The van der Waals surface area contributed by atoms with Gasteiger partial charge in [0.2, 0.25) is 5.91 Å². The first kappa shape index (κ1) is 8.53. The number of carbonyl (C=O) groups is 2. The van der Waals surface area contributed by atoms with Crippen LogP contribution in [0.4, 0.5) is 4.79 Å². The third-order valence-corrected chi connectivity index (χ3v) is 2.20. The summed E-state index contributed by atoms with van der Waals surface area (Å²) in [4.78, 5) is 23.0. The lowest BCUT2D eigenvalue weighted by molar-refractivity contribution is -0.131. The molecular weight excluding hydrogens is 166 g/mol. The van der Waals surface area contributed by atoms with Crippen LogP contribution in [-0.4, -0.2) is 22.7 Å². The molecule has 0 bridgehead atoms. The normalized spacial score (nSPS) is 22.5. The summed E-state index contributed by atoms with van der Waals surface area (Å²) in [5, 5.41) is -0.666. The van der Waals surface area contributed by atoms with E-state index in [0.29, 0.717) is 13.0 Å². The topological polar surface area (TPSA) is 37.4 Å². The summed E-state index contributed by atoms with van der Waals surface area (Å²) in [6.07, 6.45) is 0.699. The van der Waals surface area contributed by atoms with Gasteiger partial charge < -0.3 is 0 Å². The van der Waals surface area contributed by atoms with Crippen LogP contribution in [0.3, 0.4) is 0 Å². The molecule has 1 aliphatic heterocycles. The van der Waals surface area contributed by atoms with Crippen molar-refractivity contribution < 1.29 is 9.59 Å². The van der Waals surface area contributed by atoms with E-state index >= 15 is 0 Å². The molecule has 4 heteroatoms. The van der Waals surface area contributed by atoms with E-state index in [4.69, 9.17) is 11.6 Å². The summed E-state index contributed by atoms with van der Waals surface area (Å²) >= 11 is 5.17. The number of nitrogens with zero attached hydrogens (tertiary/aromatic N) is 1. The maximum absolute atomic E-state index is 11.3. The minimum atomic E-state index is -0.666. The molecule has 0 aromatic heterocycles. The molecule has 0 N–H and O–H groups in total. The first-order valence-electron chi connectivity index (χ1n) is 3.46. The Kier molecular flexibility index (Phi) is 1.92. The van der Waals surface area contributed by atoms with Crippen LogP contribution in [0.2, 0.25) is 0 Å². The number of halogens is 1. The molecular formula is C7H10ClNO2. The predicted molar refractivity (Wildman–Crippen MR) is 41.4 cm³/mol. The fourth-order valence-electron chi connectivity index (χ4n) is 1.13. The molecule has 1 aliphatic rings. The van der Waals surface area contributed by atoms with Gasteiger partial charge in [-0.05, 0) is 18.0 Å². The standard InChI is InChI=1S/C7H10ClNO2/c1-7(2)3-4-9(5(7)10)6(8)11/h3-4H2,1-2H3. The van der Waals surface area contributed by atoms with Gasteiger partial charge in [0.25, 0.3) is 0 Å². The quantitative estimate of drug-likeness (QED) is 0.414. The van der Waals surface area contributed by atoms with Gasteiger partial charge in [-0.3, -0.25) is 14.5 Å². The monoisotopic (exact) mass is 175 g/mol. The molecule has 1 fully saturated rings. The maximum atomic E-state index is 11.3. The van der Waals surface area contributed by atoms with Gasteiger partial charge in [0.1, 0.15) is 0 Å². The number of rotatable bonds is 0. The Balaban J connectivity index is 2.79. The van der Waals surface area contributed by atoms with Gasteiger partial charge in [0.05, 0.1) is 0 Å². The van der Waals surface area contributed by atoms with Crippen molar-refractivity contribution in [3.63, 3.8) is 0 Å². The van der Waals surface area contributed by atoms with Gasteiger partial charge in [-0.25, -0.2) is 0 Å². The average Bonchev–Trinajstić information content (AvgIpc) is 2.09. The molecule has 62 valence electrons. The molecule has 0 aromatic carbocycles. The minimum Gasteiger partial charge on any atom is -0.274 e. The van der Waals surface area contributed by atoms with Crippen molar-refractivity contribution in [2.24, 2.45) is 5.41 Å². The van der Waals surface area contributed by atoms with Crippen LogP contribution >= 0.6 is 11.6 Å². The lowest BCUT2D eigenvalue weighted by atomic mass is 9.92. The highest BCUT2D eigenvalue weighted by atomic mass is 35.5. The van der Waals surface area contributed by atoms with Gasteiger partial charge >= 0.3 is 5.37 Å². The summed E-state index contributed by atoms with van der Waals surface area (Å²) < 4.78 is 0. The Morgan fingerprint density at radius 2 is 2.18 bits per heavy atom. The van der Waals surface area contributed by atoms with Crippen LogP contribution in [0, 0.1) is 5.41 Å². The van der Waals surface area contributed by atoms with Gasteiger partial charge in [-0.2, -0.15) is 0 Å². The van der Waals surface area contributed by atoms with Crippen LogP contribution in [0.25, 0.3) is 0 Å². The molecule has 0 saturated carbocycles. The highest BCUT2D eigenvalue weighted by molar-refractivity contribution is 6.64. The molecule has 11 heavy (non-hydrogen) atoms. The van der Waals surface area contributed by atoms with Crippen LogP contribution in [-0.2, 0) is 4.79 Å². The van der Waals surface area contributed by atoms with Crippen molar-refractivity contribution in [2.75, 3.05) is 6.54 Å². The highest BCUT2D eigenvalue weighted by Gasteiger charge is 2.40. The molecule has 2 amide bonds. The minimum absolute atomic E-state index is 0.169. The van der Waals surface area contributed by atoms with Gasteiger partial charge in [-0.1, -0.05) is 13.8 Å². The summed E-state index contributed by atoms with van der Waals surface area (Å²) in [6, 6.07) is 0. The SMILES string of the molecule is CC1(C)CCN(C(=O)Cl)C1=O. The number of carbonyl (C=O) groups excluding carboxylic acids is 2. The van der Waals surface area contributed by atoms with E-state index in [2.05, 4.69) is 0 Å². The summed E-state index contributed by atoms with van der Waals surface area (Å²) in [5.74, 6) is -0.169. The van der Waals surface area contributed by atoms with Crippen molar-refractivity contribution in [1.29, 1.82) is 0 Å². The van der Waals surface area contributed by atoms with Crippen molar-refractivity contribution in [3.8, 4) is 0 Å². The number of hydrogen-bond acceptors (Lipinski definition) is 2. The molecule has 1 heterocycles. The molecule has 0 radical (unpaired) electrons. The van der Waals surface area contributed by atoms with E-state index in [1.165, 1.54) is 0 Å². The first-order valence-corrected chi connectivity index (χ1v) is 3.84. The summed E-state index contributed by atoms with van der Waals surface area (Å²) in [7, 11) is 0. The lowest BCUT2D eigenvalue weighted by Crippen LogP contribution is -2.32. The maximum Gasteiger partial charge on any atom is 0.323 e. The van der Waals surface area contributed by atoms with E-state index in [-0.39, 0.29) is 5.91 Å². The molecule has 0 aromatic rings. The van der Waals surface area contributed by atoms with Crippen LogP contribution in [0.15, 0.2) is 0 Å². The lowest BCUT2D eigenvalue weighted by Gasteiger charge is -2.14. The number of likely N-dealkylation sites (tertiary alicyclic amines) is 1. The van der Waals surface area contributed by atoms with Crippen molar-refractivity contribution >= 4 is 22.9 Å². The second-order valence-electron chi connectivity index (χ2n) is 3.34. The fraction of sp³-hybridized carbons (Fsp3) is 0.714. The van der Waals surface area contributed by atoms with E-state index < -0.39 is 10.8 Å². The fourth-order valence-corrected chi connectivity index (χ4v) is 1.29. The van der Waals surface area contributed by atoms with Crippen LogP contribution in [0.5, 0.6) is 0 Å². The predicted octanol–water partition coefficient (Wildman–Crippen LogP) is 1.60. The first-order chi connectivity index (χ1) is 4.95. The third-order valence-electron chi connectivity index (χ3n) is 2.00. The second-order valence-corrected chi connectivity index (χ2v) is 3.67. The average molecular weight is 176 g/mol. The van der Waals surface area contributed by atoms with Crippen molar-refractivity contribution in [3.05, 3.63) is 0 Å². The second kappa shape index (κ2) is 2.48. The van der Waals surface area contributed by atoms with Crippen molar-refractivity contribution in [2.45, 2.75) is 20.3 Å². The molecule has 1 saturated heterocycles. The van der Waals surface area contributed by atoms with E-state index in [9.17, 15) is 9.59 Å². The largest absolute Gasteiger partial charge is 0.323 e. The molecule has 0 spiro atoms. The molecule has 0 aliphatic carbocycles. The Morgan fingerprint density at radius 1 is 1.64 bits per heavy atom. The van der Waals surface area contributed by atoms with Gasteiger partial charge in [-0.15, -0.1) is 0 Å². The smallest absolute Gasteiger partial charge is 0.274 e. The highest BCUT2D eigenvalue weighted by Crippen LogP contribution is 2.30. The Hall–Kier alpha value is -0.570. The Bertz CT molecular complexity index is 212. The summed E-state index contributed by atoms with van der Waals surface area (Å²) in [6.45, 7) is 4.08. The number of hydrogen-bond donors (Lipinski definition) is 0. The third kappa shape index (κ3) is 1.38. The number of amides is 2. The Labute approximate surface area is 70.3 Å². The molecule has 0 unspecified atom stereocenters. The number of imide groups is 1. The van der Waals surface area contributed by atoms with Crippen LogP contribution in [0.1, 0.15) is 20.3 Å². The zero-order valence-electron chi connectivity index (χ0n) is 6.56. The Morgan fingerprint density at radius 3 is 2.36 bits per heavy atom. The van der Waals surface area contributed by atoms with E-state index in [1.54, 1.807) is 0 Å².